The summed E-state index contributed by atoms with van der Waals surface area (Å²) >= 11 is 11.0. The van der Waals surface area contributed by atoms with E-state index < -0.39 is 0 Å². The molecular weight excluding hydrogens is 306 g/mol. The van der Waals surface area contributed by atoms with Crippen LogP contribution in [0.1, 0.15) is 11.1 Å². The monoisotopic (exact) mass is 319 g/mol. The van der Waals surface area contributed by atoms with Crippen molar-refractivity contribution in [3.05, 3.63) is 58.6 Å². The molecule has 0 bridgehead atoms. The van der Waals surface area contributed by atoms with Gasteiger partial charge in [-0.3, -0.25) is 0 Å². The van der Waals surface area contributed by atoms with Gasteiger partial charge in [-0.05, 0) is 36.8 Å². The Morgan fingerprint density at radius 2 is 1.95 bits per heavy atom. The van der Waals surface area contributed by atoms with Crippen LogP contribution in [0.15, 0.2) is 42.5 Å². The first kappa shape index (κ1) is 15.3. The summed E-state index contributed by atoms with van der Waals surface area (Å²) in [6.45, 7) is 1.95. The van der Waals surface area contributed by atoms with Gasteiger partial charge < -0.3 is 16.4 Å². The van der Waals surface area contributed by atoms with Gasteiger partial charge in [-0.25, -0.2) is 4.79 Å². The van der Waals surface area contributed by atoms with Crippen LogP contribution in [0.5, 0.6) is 0 Å². The lowest BCUT2D eigenvalue weighted by Gasteiger charge is -2.10. The molecule has 0 aliphatic rings. The summed E-state index contributed by atoms with van der Waals surface area (Å²) in [6.07, 6.45) is 0. The van der Waals surface area contributed by atoms with Crippen molar-refractivity contribution in [2.45, 2.75) is 6.92 Å². The van der Waals surface area contributed by atoms with Gasteiger partial charge in [-0.1, -0.05) is 42.0 Å². The van der Waals surface area contributed by atoms with Crippen LogP contribution in [0.4, 0.5) is 16.2 Å². The molecule has 0 aliphatic carbocycles. The minimum atomic E-state index is -0.386. The van der Waals surface area contributed by atoms with Crippen molar-refractivity contribution in [3.8, 4) is 0 Å². The lowest BCUT2D eigenvalue weighted by atomic mass is 10.2. The first-order valence-electron chi connectivity index (χ1n) is 6.20. The van der Waals surface area contributed by atoms with Crippen molar-refractivity contribution in [1.82, 2.24) is 0 Å². The number of anilines is 2. The highest BCUT2D eigenvalue weighted by Gasteiger charge is 2.08. The van der Waals surface area contributed by atoms with Crippen LogP contribution < -0.4 is 16.4 Å². The average molecular weight is 320 g/mol. The number of carbonyl (C=O) groups excluding carboxylic acids is 1. The molecule has 4 nitrogen and oxygen atoms in total. The number of urea groups is 1. The van der Waals surface area contributed by atoms with Crippen LogP contribution in [0.3, 0.4) is 0 Å². The highest BCUT2D eigenvalue weighted by Crippen LogP contribution is 2.23. The van der Waals surface area contributed by atoms with Gasteiger partial charge in [0.1, 0.15) is 4.99 Å². The van der Waals surface area contributed by atoms with E-state index in [0.29, 0.717) is 22.0 Å². The second kappa shape index (κ2) is 6.56. The SMILES string of the molecule is Cc1cccc(NC(=O)Nc2cc(C(N)=S)ccc2Cl)c1. The molecule has 108 valence electrons. The van der Waals surface area contributed by atoms with Crippen LogP contribution in [0, 0.1) is 6.92 Å². The molecule has 6 heteroatoms. The molecule has 0 heterocycles. The minimum Gasteiger partial charge on any atom is -0.389 e. The van der Waals surface area contributed by atoms with Crippen molar-refractivity contribution >= 4 is 46.2 Å². The van der Waals surface area contributed by atoms with Gasteiger partial charge in [0, 0.05) is 11.3 Å². The van der Waals surface area contributed by atoms with E-state index in [1.165, 1.54) is 0 Å². The zero-order valence-electron chi connectivity index (χ0n) is 11.3. The summed E-state index contributed by atoms with van der Waals surface area (Å²) < 4.78 is 0. The molecule has 0 aliphatic heterocycles. The summed E-state index contributed by atoms with van der Waals surface area (Å²) in [6, 6.07) is 12.1. The van der Waals surface area contributed by atoms with Gasteiger partial charge in [0.25, 0.3) is 0 Å². The Morgan fingerprint density at radius 3 is 2.62 bits per heavy atom. The molecule has 21 heavy (non-hydrogen) atoms. The summed E-state index contributed by atoms with van der Waals surface area (Å²) in [4.78, 5) is 12.2. The summed E-state index contributed by atoms with van der Waals surface area (Å²) in [7, 11) is 0. The minimum absolute atomic E-state index is 0.244. The predicted octanol–water partition coefficient (Wildman–Crippen LogP) is 3.93. The van der Waals surface area contributed by atoms with Crippen LogP contribution in [0.2, 0.25) is 5.02 Å². The smallest absolute Gasteiger partial charge is 0.323 e. The highest BCUT2D eigenvalue weighted by atomic mass is 35.5. The zero-order chi connectivity index (χ0) is 15.4. The predicted molar refractivity (Wildman–Crippen MR) is 91.2 cm³/mol. The Morgan fingerprint density at radius 1 is 1.19 bits per heavy atom. The Hall–Kier alpha value is -2.11. The maximum absolute atomic E-state index is 12.0. The van der Waals surface area contributed by atoms with Crippen molar-refractivity contribution in [2.24, 2.45) is 5.73 Å². The van der Waals surface area contributed by atoms with Gasteiger partial charge in [-0.15, -0.1) is 0 Å². The van der Waals surface area contributed by atoms with Crippen LogP contribution in [-0.4, -0.2) is 11.0 Å². The molecule has 0 saturated heterocycles. The Labute approximate surface area is 133 Å². The third-order valence-corrected chi connectivity index (χ3v) is 3.34. The van der Waals surface area contributed by atoms with Crippen molar-refractivity contribution in [1.29, 1.82) is 0 Å². The van der Waals surface area contributed by atoms with Crippen molar-refractivity contribution in [2.75, 3.05) is 10.6 Å². The Balaban J connectivity index is 2.12. The number of hydrogen-bond acceptors (Lipinski definition) is 2. The molecule has 2 aromatic rings. The van der Waals surface area contributed by atoms with Crippen LogP contribution >= 0.6 is 23.8 Å². The summed E-state index contributed by atoms with van der Waals surface area (Å²) in [5.41, 5.74) is 8.41. The number of nitrogens with two attached hydrogens (primary N) is 1. The zero-order valence-corrected chi connectivity index (χ0v) is 12.9. The number of aryl methyl sites for hydroxylation is 1. The second-order valence-corrected chi connectivity index (χ2v) is 5.35. The Bertz CT molecular complexity index is 703. The molecule has 0 fully saturated rings. The van der Waals surface area contributed by atoms with Crippen LogP contribution in [0.25, 0.3) is 0 Å². The summed E-state index contributed by atoms with van der Waals surface area (Å²) in [5.74, 6) is 0. The fourth-order valence-corrected chi connectivity index (χ4v) is 2.07. The lowest BCUT2D eigenvalue weighted by Crippen LogP contribution is -2.20. The molecular formula is C15H14ClN3OS. The van der Waals surface area contributed by atoms with E-state index in [2.05, 4.69) is 10.6 Å². The molecule has 2 rings (SSSR count). The topological polar surface area (TPSA) is 67.2 Å². The molecule has 0 spiro atoms. The van der Waals surface area contributed by atoms with E-state index in [4.69, 9.17) is 29.6 Å². The molecule has 2 aromatic carbocycles. The van der Waals surface area contributed by atoms with Gasteiger partial charge >= 0.3 is 6.03 Å². The standard InChI is InChI=1S/C15H14ClN3OS/c1-9-3-2-4-11(7-9)18-15(20)19-13-8-10(14(17)21)5-6-12(13)16/h2-8H,1H3,(H2,17,21)(H2,18,19,20). The molecule has 0 saturated carbocycles. The molecule has 0 aromatic heterocycles. The number of hydrogen-bond donors (Lipinski definition) is 3. The summed E-state index contributed by atoms with van der Waals surface area (Å²) in [5, 5.41) is 5.82. The normalized spacial score (nSPS) is 10.0. The molecule has 0 radical (unpaired) electrons. The average Bonchev–Trinajstić information content (AvgIpc) is 2.41. The van der Waals surface area contributed by atoms with E-state index in [-0.39, 0.29) is 11.0 Å². The number of carbonyl (C=O) groups is 1. The third kappa shape index (κ3) is 4.18. The molecule has 4 N–H and O–H groups in total. The van der Waals surface area contributed by atoms with E-state index in [1.807, 2.05) is 25.1 Å². The van der Waals surface area contributed by atoms with Gasteiger partial charge in [0.15, 0.2) is 0 Å². The number of rotatable bonds is 3. The van der Waals surface area contributed by atoms with Gasteiger partial charge in [0.05, 0.1) is 10.7 Å². The number of thiocarbonyl (C=S) groups is 1. The first-order chi connectivity index (χ1) is 9.95. The van der Waals surface area contributed by atoms with E-state index in [1.54, 1.807) is 24.3 Å². The Kier molecular flexibility index (Phi) is 4.77. The third-order valence-electron chi connectivity index (χ3n) is 2.78. The van der Waals surface area contributed by atoms with Crippen molar-refractivity contribution in [3.63, 3.8) is 0 Å². The fourth-order valence-electron chi connectivity index (χ4n) is 1.78. The maximum atomic E-state index is 12.0. The number of halogens is 1. The lowest BCUT2D eigenvalue weighted by molar-refractivity contribution is 0.262. The second-order valence-electron chi connectivity index (χ2n) is 4.51. The highest BCUT2D eigenvalue weighted by molar-refractivity contribution is 7.80. The quantitative estimate of drug-likeness (QED) is 0.751. The van der Waals surface area contributed by atoms with Crippen LogP contribution in [-0.2, 0) is 0 Å². The molecule has 0 unspecified atom stereocenters. The van der Waals surface area contributed by atoms with Crippen molar-refractivity contribution < 1.29 is 4.79 Å². The largest absolute Gasteiger partial charge is 0.389 e. The van der Waals surface area contributed by atoms with E-state index >= 15 is 0 Å². The maximum Gasteiger partial charge on any atom is 0.323 e. The van der Waals surface area contributed by atoms with E-state index in [0.717, 1.165) is 5.56 Å². The number of nitrogens with one attached hydrogen (secondary N) is 2. The number of benzene rings is 2. The van der Waals surface area contributed by atoms with Gasteiger partial charge in [0.2, 0.25) is 0 Å². The molecule has 2 amide bonds. The number of amides is 2. The van der Waals surface area contributed by atoms with Gasteiger partial charge in [-0.2, -0.15) is 0 Å². The first-order valence-corrected chi connectivity index (χ1v) is 6.98. The fraction of sp³-hybridized carbons (Fsp3) is 0.0667. The van der Waals surface area contributed by atoms with E-state index in [9.17, 15) is 4.79 Å². The molecule has 0 atom stereocenters.